The fourth-order valence-corrected chi connectivity index (χ4v) is 2.80. The van der Waals surface area contributed by atoms with Crippen molar-refractivity contribution < 1.29 is 18.0 Å². The van der Waals surface area contributed by atoms with E-state index in [-0.39, 0.29) is 42.2 Å². The van der Waals surface area contributed by atoms with Gasteiger partial charge in [-0.3, -0.25) is 4.79 Å². The number of nitrogens with zero attached hydrogens (tertiary/aromatic N) is 3. The highest BCUT2D eigenvalue weighted by Crippen LogP contribution is 2.34. The van der Waals surface area contributed by atoms with Crippen LogP contribution in [0.1, 0.15) is 22.5 Å². The molecule has 0 fully saturated rings. The number of hydrogen-bond acceptors (Lipinski definition) is 4. The van der Waals surface area contributed by atoms with Crippen LogP contribution in [0.25, 0.3) is 5.82 Å². The van der Waals surface area contributed by atoms with Crippen LogP contribution in [0.15, 0.2) is 36.2 Å². The molecule has 3 heterocycles. The number of carbonyl (C=O) groups is 1. The van der Waals surface area contributed by atoms with Gasteiger partial charge in [0.1, 0.15) is 0 Å². The van der Waals surface area contributed by atoms with Crippen LogP contribution in [-0.2, 0) is 6.18 Å². The van der Waals surface area contributed by atoms with Gasteiger partial charge < -0.3 is 10.6 Å². The second-order valence-corrected chi connectivity index (χ2v) is 6.03. The molecule has 0 radical (unpaired) electrons. The molecule has 0 atom stereocenters. The normalized spacial score (nSPS) is 13.8. The molecule has 0 bridgehead atoms. The molecule has 28 heavy (non-hydrogen) atoms. The number of amides is 1. The fraction of sp³-hybridized carbons (Fsp3) is 0.312. The van der Waals surface area contributed by atoms with Gasteiger partial charge in [-0.15, -0.1) is 24.8 Å². The SMILES string of the molecule is Cl.Cl.O=C(NCC1=CCNCC1)c1cnn(-c2ncccc2Cl)c1C(F)(F)F. The van der Waals surface area contributed by atoms with Crippen LogP contribution >= 0.6 is 36.4 Å². The average molecular weight is 459 g/mol. The molecule has 2 aromatic rings. The minimum absolute atomic E-state index is 0. The van der Waals surface area contributed by atoms with E-state index in [0.717, 1.165) is 24.7 Å². The number of aromatic nitrogens is 3. The van der Waals surface area contributed by atoms with Gasteiger partial charge in [-0.2, -0.15) is 18.3 Å². The number of hydrogen-bond donors (Lipinski definition) is 2. The second-order valence-electron chi connectivity index (χ2n) is 5.62. The molecule has 1 aliphatic heterocycles. The van der Waals surface area contributed by atoms with Crippen LogP contribution < -0.4 is 10.6 Å². The maximum atomic E-state index is 13.6. The van der Waals surface area contributed by atoms with Gasteiger partial charge in [0.25, 0.3) is 5.91 Å². The molecule has 2 N–H and O–H groups in total. The minimum atomic E-state index is -4.81. The van der Waals surface area contributed by atoms with Crippen molar-refractivity contribution in [3.8, 4) is 5.82 Å². The average Bonchev–Trinajstić information content (AvgIpc) is 3.06. The number of rotatable bonds is 4. The highest BCUT2D eigenvalue weighted by atomic mass is 35.5. The smallest absolute Gasteiger partial charge is 0.348 e. The van der Waals surface area contributed by atoms with Crippen molar-refractivity contribution in [2.45, 2.75) is 12.6 Å². The van der Waals surface area contributed by atoms with Crippen LogP contribution in [0, 0.1) is 0 Å². The highest BCUT2D eigenvalue weighted by molar-refractivity contribution is 6.32. The quantitative estimate of drug-likeness (QED) is 0.689. The summed E-state index contributed by atoms with van der Waals surface area (Å²) >= 11 is 5.93. The molecule has 0 saturated heterocycles. The van der Waals surface area contributed by atoms with Crippen LogP contribution in [0.5, 0.6) is 0 Å². The maximum absolute atomic E-state index is 13.6. The van der Waals surface area contributed by atoms with Crippen LogP contribution in [0.2, 0.25) is 5.02 Å². The Morgan fingerprint density at radius 2 is 2.11 bits per heavy atom. The van der Waals surface area contributed by atoms with E-state index in [0.29, 0.717) is 11.2 Å². The summed E-state index contributed by atoms with van der Waals surface area (Å²) in [5.74, 6) is -1.04. The van der Waals surface area contributed by atoms with Crippen molar-refractivity contribution in [1.82, 2.24) is 25.4 Å². The van der Waals surface area contributed by atoms with Crippen molar-refractivity contribution in [3.05, 3.63) is 52.5 Å². The number of pyridine rings is 1. The van der Waals surface area contributed by atoms with Crippen molar-refractivity contribution >= 4 is 42.3 Å². The zero-order chi connectivity index (χ0) is 18.7. The molecule has 6 nitrogen and oxygen atoms in total. The first kappa shape index (κ1) is 24.2. The molecule has 3 rings (SSSR count). The summed E-state index contributed by atoms with van der Waals surface area (Å²) in [6, 6.07) is 2.89. The third-order valence-electron chi connectivity index (χ3n) is 3.86. The van der Waals surface area contributed by atoms with E-state index < -0.39 is 23.3 Å². The van der Waals surface area contributed by atoms with Gasteiger partial charge in [0, 0.05) is 19.3 Å². The highest BCUT2D eigenvalue weighted by Gasteiger charge is 2.41. The Hall–Kier alpha value is -1.81. The standard InChI is InChI=1S/C16H15ClF3N5O.2ClH/c17-12-2-1-5-22-14(12)25-13(16(18,19)20)11(9-24-25)15(26)23-8-10-3-6-21-7-4-10;;/h1-3,5,9,21H,4,6-8H2,(H,23,26);2*1H. The first-order valence-corrected chi connectivity index (χ1v) is 8.18. The maximum Gasteiger partial charge on any atom is 0.434 e. The summed E-state index contributed by atoms with van der Waals surface area (Å²) in [5.41, 5.74) is -0.825. The van der Waals surface area contributed by atoms with Gasteiger partial charge in [-0.05, 0) is 25.1 Å². The van der Waals surface area contributed by atoms with Crippen LogP contribution in [0.3, 0.4) is 0 Å². The molecular weight excluding hydrogens is 442 g/mol. The van der Waals surface area contributed by atoms with E-state index in [4.69, 9.17) is 11.6 Å². The summed E-state index contributed by atoms with van der Waals surface area (Å²) in [7, 11) is 0. The van der Waals surface area contributed by atoms with Crippen molar-refractivity contribution in [3.63, 3.8) is 0 Å². The van der Waals surface area contributed by atoms with Gasteiger partial charge in [-0.25, -0.2) is 9.67 Å². The summed E-state index contributed by atoms with van der Waals surface area (Å²) in [6.45, 7) is 1.63. The topological polar surface area (TPSA) is 71.8 Å². The molecule has 0 unspecified atom stereocenters. The third kappa shape index (κ3) is 5.38. The van der Waals surface area contributed by atoms with E-state index in [9.17, 15) is 18.0 Å². The molecule has 1 amide bonds. The Morgan fingerprint density at radius 1 is 1.36 bits per heavy atom. The van der Waals surface area contributed by atoms with Gasteiger partial charge >= 0.3 is 6.18 Å². The largest absolute Gasteiger partial charge is 0.434 e. The Bertz CT molecular complexity index is 854. The minimum Gasteiger partial charge on any atom is -0.348 e. The number of carbonyl (C=O) groups excluding carboxylic acids is 1. The molecule has 0 aliphatic carbocycles. The lowest BCUT2D eigenvalue weighted by molar-refractivity contribution is -0.143. The molecule has 1 aliphatic rings. The fourth-order valence-electron chi connectivity index (χ4n) is 2.60. The van der Waals surface area contributed by atoms with E-state index >= 15 is 0 Å². The van der Waals surface area contributed by atoms with E-state index in [1.807, 2.05) is 6.08 Å². The van der Waals surface area contributed by atoms with E-state index in [1.165, 1.54) is 18.3 Å². The summed E-state index contributed by atoms with van der Waals surface area (Å²) < 4.78 is 41.3. The zero-order valence-electron chi connectivity index (χ0n) is 14.3. The zero-order valence-corrected chi connectivity index (χ0v) is 16.7. The summed E-state index contributed by atoms with van der Waals surface area (Å²) in [4.78, 5) is 16.2. The molecule has 2 aromatic heterocycles. The molecule has 12 heteroatoms. The lowest BCUT2D eigenvalue weighted by Crippen LogP contribution is -2.31. The number of nitrogens with one attached hydrogen (secondary N) is 2. The Kier molecular flexibility index (Phi) is 8.75. The summed E-state index contributed by atoms with van der Waals surface area (Å²) in [5, 5.41) is 9.33. The van der Waals surface area contributed by atoms with E-state index in [2.05, 4.69) is 20.7 Å². The first-order chi connectivity index (χ1) is 12.4. The Morgan fingerprint density at radius 3 is 2.71 bits per heavy atom. The lowest BCUT2D eigenvalue weighted by Gasteiger charge is -2.15. The predicted octanol–water partition coefficient (Wildman–Crippen LogP) is 3.43. The predicted molar refractivity (Wildman–Crippen MR) is 104 cm³/mol. The van der Waals surface area contributed by atoms with Crippen molar-refractivity contribution in [2.24, 2.45) is 0 Å². The molecule has 154 valence electrons. The summed E-state index contributed by atoms with van der Waals surface area (Å²) in [6.07, 6.45) is 0.00511. The second kappa shape index (κ2) is 10.1. The van der Waals surface area contributed by atoms with Gasteiger partial charge in [0.15, 0.2) is 11.5 Å². The van der Waals surface area contributed by atoms with Gasteiger partial charge in [-0.1, -0.05) is 23.3 Å². The van der Waals surface area contributed by atoms with Crippen molar-refractivity contribution in [1.29, 1.82) is 0 Å². The number of halogens is 6. The Balaban J connectivity index is 0.00000196. The lowest BCUT2D eigenvalue weighted by atomic mass is 10.1. The van der Waals surface area contributed by atoms with Gasteiger partial charge in [0.2, 0.25) is 0 Å². The van der Waals surface area contributed by atoms with Gasteiger partial charge in [0.05, 0.1) is 16.8 Å². The third-order valence-corrected chi connectivity index (χ3v) is 4.15. The molecule has 0 spiro atoms. The number of alkyl halides is 3. The first-order valence-electron chi connectivity index (χ1n) is 7.81. The monoisotopic (exact) mass is 457 g/mol. The van der Waals surface area contributed by atoms with E-state index in [1.54, 1.807) is 0 Å². The molecular formula is C16H17Cl3F3N5O. The Labute approximate surface area is 176 Å². The van der Waals surface area contributed by atoms with Crippen molar-refractivity contribution in [2.75, 3.05) is 19.6 Å². The molecule has 0 saturated carbocycles. The van der Waals surface area contributed by atoms with Crippen LogP contribution in [-0.4, -0.2) is 40.3 Å². The van der Waals surface area contributed by atoms with Crippen LogP contribution in [0.4, 0.5) is 13.2 Å². The molecule has 0 aromatic carbocycles.